The lowest BCUT2D eigenvalue weighted by Gasteiger charge is -2.25. The van der Waals surface area contributed by atoms with Crippen LogP contribution >= 0.6 is 0 Å². The van der Waals surface area contributed by atoms with Gasteiger partial charge in [0.05, 0.1) is 19.1 Å². The van der Waals surface area contributed by atoms with Crippen LogP contribution < -0.4 is 33.2 Å². The molecule has 3 amide bonds. The third-order valence-electron chi connectivity index (χ3n) is 3.84. The number of carboxylic acids is 2. The molecule has 0 saturated heterocycles. The number of aliphatic imine (C=N–C) groups is 1. The van der Waals surface area contributed by atoms with Crippen LogP contribution in [0.2, 0.25) is 0 Å². The average molecular weight is 447 g/mol. The Hall–Kier alpha value is -3.46. The number of nitrogens with zero attached hydrogens (tertiary/aromatic N) is 1. The van der Waals surface area contributed by atoms with Gasteiger partial charge in [-0.2, -0.15) is 0 Å². The summed E-state index contributed by atoms with van der Waals surface area (Å²) < 4.78 is 0. The number of rotatable bonds is 14. The van der Waals surface area contributed by atoms with Crippen LogP contribution in [-0.4, -0.2) is 88.3 Å². The highest BCUT2D eigenvalue weighted by Gasteiger charge is 2.32. The largest absolute Gasteiger partial charge is 0.481 e. The van der Waals surface area contributed by atoms with Gasteiger partial charge in [-0.25, -0.2) is 4.79 Å². The number of carbonyl (C=O) groups is 5. The van der Waals surface area contributed by atoms with Crippen molar-refractivity contribution in [3.8, 4) is 0 Å². The first-order valence-electron chi connectivity index (χ1n) is 9.17. The van der Waals surface area contributed by atoms with Gasteiger partial charge in [-0.3, -0.25) is 24.2 Å². The molecule has 0 bridgehead atoms. The van der Waals surface area contributed by atoms with Crippen molar-refractivity contribution in [2.45, 2.75) is 50.4 Å². The van der Waals surface area contributed by atoms with Crippen molar-refractivity contribution < 1.29 is 39.3 Å². The number of carbonyl (C=O) groups excluding carboxylic acids is 3. The normalized spacial score (nSPS) is 14.3. The van der Waals surface area contributed by atoms with Crippen molar-refractivity contribution >= 4 is 35.6 Å². The summed E-state index contributed by atoms with van der Waals surface area (Å²) in [6.45, 7) is 0.814. The number of aliphatic hydroxyl groups excluding tert-OH is 1. The van der Waals surface area contributed by atoms with Crippen molar-refractivity contribution in [2.24, 2.45) is 22.2 Å². The number of nitrogens with one attached hydrogen (secondary N) is 3. The second-order valence-corrected chi connectivity index (χ2v) is 6.50. The fraction of sp³-hybridized carbons (Fsp3) is 0.625. The van der Waals surface area contributed by atoms with Gasteiger partial charge < -0.3 is 48.5 Å². The number of amides is 3. The Bertz CT molecular complexity index is 693. The van der Waals surface area contributed by atoms with Crippen molar-refractivity contribution in [3.05, 3.63) is 0 Å². The van der Waals surface area contributed by atoms with Gasteiger partial charge in [-0.15, -0.1) is 0 Å². The maximum atomic E-state index is 12.5. The Labute approximate surface area is 177 Å². The van der Waals surface area contributed by atoms with Gasteiger partial charge in [0.2, 0.25) is 17.7 Å². The van der Waals surface area contributed by atoms with E-state index in [1.54, 1.807) is 0 Å². The fourth-order valence-electron chi connectivity index (χ4n) is 2.32. The zero-order chi connectivity index (χ0) is 24.1. The fourth-order valence-corrected chi connectivity index (χ4v) is 2.32. The Morgan fingerprint density at radius 1 is 0.968 bits per heavy atom. The van der Waals surface area contributed by atoms with E-state index in [0.29, 0.717) is 0 Å². The molecule has 176 valence electrons. The first-order valence-corrected chi connectivity index (χ1v) is 9.17. The van der Waals surface area contributed by atoms with Gasteiger partial charge in [0.15, 0.2) is 5.96 Å². The highest BCUT2D eigenvalue weighted by Crippen LogP contribution is 2.03. The van der Waals surface area contributed by atoms with Crippen molar-refractivity contribution in [1.29, 1.82) is 0 Å². The molecule has 12 N–H and O–H groups in total. The highest BCUT2D eigenvalue weighted by molar-refractivity contribution is 5.95. The summed E-state index contributed by atoms with van der Waals surface area (Å²) in [7, 11) is 0. The Morgan fingerprint density at radius 3 is 2.00 bits per heavy atom. The van der Waals surface area contributed by atoms with Gasteiger partial charge in [-0.1, -0.05) is 0 Å². The van der Waals surface area contributed by atoms with E-state index >= 15 is 0 Å². The summed E-state index contributed by atoms with van der Waals surface area (Å²) in [4.78, 5) is 62.4. The van der Waals surface area contributed by atoms with Gasteiger partial charge in [0, 0.05) is 6.54 Å². The van der Waals surface area contributed by atoms with E-state index in [9.17, 15) is 34.2 Å². The van der Waals surface area contributed by atoms with E-state index in [0.717, 1.165) is 0 Å². The molecule has 31 heavy (non-hydrogen) atoms. The molecule has 0 radical (unpaired) electrons. The van der Waals surface area contributed by atoms with Crippen molar-refractivity contribution in [2.75, 3.05) is 13.1 Å². The van der Waals surface area contributed by atoms with E-state index in [2.05, 4.69) is 20.9 Å². The zero-order valence-electron chi connectivity index (χ0n) is 16.9. The minimum atomic E-state index is -1.68. The van der Waals surface area contributed by atoms with Crippen LogP contribution in [0.15, 0.2) is 4.99 Å². The quantitative estimate of drug-likeness (QED) is 0.0693. The van der Waals surface area contributed by atoms with Crippen LogP contribution in [0.5, 0.6) is 0 Å². The monoisotopic (exact) mass is 447 g/mol. The number of hydrogen-bond acceptors (Lipinski definition) is 8. The molecule has 15 nitrogen and oxygen atoms in total. The van der Waals surface area contributed by atoms with Crippen molar-refractivity contribution in [1.82, 2.24) is 16.0 Å². The number of guanidine groups is 1. The highest BCUT2D eigenvalue weighted by atomic mass is 16.4. The van der Waals surface area contributed by atoms with E-state index in [1.807, 2.05) is 0 Å². The molecule has 0 aromatic carbocycles. The van der Waals surface area contributed by atoms with Crippen LogP contribution in [0.3, 0.4) is 0 Å². The molecular formula is C16H29N7O8. The summed E-state index contributed by atoms with van der Waals surface area (Å²) in [6.07, 6.45) is -2.16. The first kappa shape index (κ1) is 27.5. The molecule has 0 fully saturated rings. The van der Waals surface area contributed by atoms with E-state index < -0.39 is 66.9 Å². The zero-order valence-corrected chi connectivity index (χ0v) is 16.9. The summed E-state index contributed by atoms with van der Waals surface area (Å²) in [5.74, 6) is -5.95. The van der Waals surface area contributed by atoms with Gasteiger partial charge >= 0.3 is 11.9 Å². The lowest BCUT2D eigenvalue weighted by molar-refractivity contribution is -0.144. The molecular weight excluding hydrogens is 418 g/mol. The van der Waals surface area contributed by atoms with Gasteiger partial charge in [-0.05, 0) is 19.8 Å². The van der Waals surface area contributed by atoms with Crippen LogP contribution in [0, 0.1) is 0 Å². The van der Waals surface area contributed by atoms with Crippen LogP contribution in [0.4, 0.5) is 0 Å². The number of carboxylic acid groups (broad SMARTS) is 2. The summed E-state index contributed by atoms with van der Waals surface area (Å²) in [6, 6.07) is -4.60. The molecule has 0 aliphatic heterocycles. The molecule has 0 aromatic rings. The topological polar surface area (TPSA) is 273 Å². The second kappa shape index (κ2) is 13.7. The molecule has 4 atom stereocenters. The minimum absolute atomic E-state index is 0.0750. The van der Waals surface area contributed by atoms with E-state index in [1.165, 1.54) is 6.92 Å². The standard InChI is InChI=1S/C16H29N7O8/c1-7(24)12(23-10(25)6-17)14(29)22-9(5-11(26)27)13(28)21-8(15(30)31)3-2-4-20-16(18)19/h7-9,12,24H,2-6,17H2,1H3,(H,21,28)(H,22,29)(H,23,25)(H,26,27)(H,30,31)(H4,18,19,20). The lowest BCUT2D eigenvalue weighted by Crippen LogP contribution is -2.59. The molecule has 0 aliphatic carbocycles. The second-order valence-electron chi connectivity index (χ2n) is 6.50. The number of nitrogens with two attached hydrogens (primary N) is 3. The third kappa shape index (κ3) is 11.3. The van der Waals surface area contributed by atoms with Crippen LogP contribution in [-0.2, 0) is 24.0 Å². The molecule has 4 unspecified atom stereocenters. The predicted molar refractivity (Wildman–Crippen MR) is 106 cm³/mol. The molecule has 15 heteroatoms. The molecule has 0 aromatic heterocycles. The van der Waals surface area contributed by atoms with Gasteiger partial charge in [0.1, 0.15) is 18.1 Å². The predicted octanol–water partition coefficient (Wildman–Crippen LogP) is -4.61. The number of aliphatic carboxylic acids is 2. The molecule has 0 heterocycles. The third-order valence-corrected chi connectivity index (χ3v) is 3.84. The average Bonchev–Trinajstić information content (AvgIpc) is 2.66. The Balaban J connectivity index is 5.28. The van der Waals surface area contributed by atoms with Gasteiger partial charge in [0.25, 0.3) is 0 Å². The molecule has 0 aliphatic rings. The summed E-state index contributed by atoms with van der Waals surface area (Å²) in [5.41, 5.74) is 15.5. The minimum Gasteiger partial charge on any atom is -0.481 e. The summed E-state index contributed by atoms with van der Waals surface area (Å²) in [5, 5.41) is 34.4. The van der Waals surface area contributed by atoms with Crippen molar-refractivity contribution in [3.63, 3.8) is 0 Å². The lowest BCUT2D eigenvalue weighted by atomic mass is 10.1. The molecule has 0 saturated carbocycles. The van der Waals surface area contributed by atoms with Crippen LogP contribution in [0.1, 0.15) is 26.2 Å². The first-order chi connectivity index (χ1) is 14.4. The maximum Gasteiger partial charge on any atom is 0.326 e. The summed E-state index contributed by atoms with van der Waals surface area (Å²) >= 11 is 0. The van der Waals surface area contributed by atoms with Crippen LogP contribution in [0.25, 0.3) is 0 Å². The smallest absolute Gasteiger partial charge is 0.326 e. The molecule has 0 rings (SSSR count). The van der Waals surface area contributed by atoms with E-state index in [-0.39, 0.29) is 25.3 Å². The number of hydrogen-bond donors (Lipinski definition) is 9. The number of aliphatic hydroxyl groups is 1. The Kier molecular flexibility index (Phi) is 12.2. The Morgan fingerprint density at radius 2 is 1.55 bits per heavy atom. The maximum absolute atomic E-state index is 12.5. The molecule has 0 spiro atoms. The SMILES string of the molecule is CC(O)C(NC(=O)CN)C(=O)NC(CC(=O)O)C(=O)NC(CCCN=C(N)N)C(=O)O. The van der Waals surface area contributed by atoms with E-state index in [4.69, 9.17) is 22.3 Å².